The van der Waals surface area contributed by atoms with Crippen LogP contribution in [0.2, 0.25) is 0 Å². The van der Waals surface area contributed by atoms with Crippen LogP contribution in [0.3, 0.4) is 0 Å². The number of aliphatic hydroxyl groups excluding tert-OH is 1. The molecule has 10 heavy (non-hydrogen) atoms. The van der Waals surface area contributed by atoms with Crippen molar-refractivity contribution < 1.29 is 9.32 Å². The fourth-order valence-corrected chi connectivity index (χ4v) is 2.87. The molecule has 0 aromatic rings. The van der Waals surface area contributed by atoms with Crippen LogP contribution in [0.25, 0.3) is 0 Å². The molecule has 0 aromatic carbocycles. The number of hydrogen-bond acceptors (Lipinski definition) is 2. The maximum atomic E-state index is 11.0. The third-order valence-electron chi connectivity index (χ3n) is 2.05. The van der Waals surface area contributed by atoms with Crippen LogP contribution in [0.1, 0.15) is 20.3 Å². The van der Waals surface area contributed by atoms with Crippen LogP contribution in [0.4, 0.5) is 0 Å². The monoisotopic (exact) mass is 162 g/mol. The summed E-state index contributed by atoms with van der Waals surface area (Å²) in [5, 5.41) is 9.42. The minimum absolute atomic E-state index is 0.136. The van der Waals surface area contributed by atoms with Gasteiger partial charge in [0.2, 0.25) is 0 Å². The maximum Gasteiger partial charge on any atom is 0.0608 e. The Bertz CT molecular complexity index is 154. The lowest BCUT2D eigenvalue weighted by atomic mass is 9.87. The van der Waals surface area contributed by atoms with E-state index in [-0.39, 0.29) is 11.5 Å². The Hall–Kier alpha value is 0.110. The van der Waals surface area contributed by atoms with E-state index in [1.54, 1.807) is 0 Å². The molecule has 0 radical (unpaired) electrons. The minimum atomic E-state index is -0.690. The second-order valence-corrected chi connectivity index (χ2v) is 5.16. The molecule has 0 bridgehead atoms. The fraction of sp³-hybridized carbons (Fsp3) is 1.00. The Morgan fingerprint density at radius 3 is 2.60 bits per heavy atom. The summed E-state index contributed by atoms with van der Waals surface area (Å²) in [5.41, 5.74) is -0.136. The van der Waals surface area contributed by atoms with Crippen molar-refractivity contribution in [3.05, 3.63) is 0 Å². The summed E-state index contributed by atoms with van der Waals surface area (Å²) in [7, 11) is -0.690. The lowest BCUT2D eigenvalue weighted by Crippen LogP contribution is -2.40. The van der Waals surface area contributed by atoms with E-state index >= 15 is 0 Å². The second kappa shape index (κ2) is 2.62. The Morgan fingerprint density at radius 1 is 1.60 bits per heavy atom. The largest absolute Gasteiger partial charge is 0.393 e. The molecule has 1 fully saturated rings. The fourth-order valence-electron chi connectivity index (χ4n) is 1.22. The van der Waals surface area contributed by atoms with Gasteiger partial charge in [-0.2, -0.15) is 0 Å². The third kappa shape index (κ3) is 1.58. The molecule has 60 valence electrons. The van der Waals surface area contributed by atoms with Gasteiger partial charge in [0.15, 0.2) is 0 Å². The predicted molar refractivity (Wildman–Crippen MR) is 42.3 cm³/mol. The molecule has 1 aliphatic rings. The normalized spacial score (nSPS) is 39.5. The zero-order chi connectivity index (χ0) is 7.78. The average Bonchev–Trinajstić information content (AvgIpc) is 1.78. The summed E-state index contributed by atoms with van der Waals surface area (Å²) >= 11 is 0. The summed E-state index contributed by atoms with van der Waals surface area (Å²) < 4.78 is 11.0. The molecule has 0 aliphatic carbocycles. The van der Waals surface area contributed by atoms with Crippen LogP contribution in [0.15, 0.2) is 0 Å². The van der Waals surface area contributed by atoms with Crippen LogP contribution < -0.4 is 0 Å². The smallest absolute Gasteiger partial charge is 0.0608 e. The van der Waals surface area contributed by atoms with Gasteiger partial charge in [0.1, 0.15) is 0 Å². The molecule has 0 spiro atoms. The van der Waals surface area contributed by atoms with E-state index in [4.69, 9.17) is 0 Å². The van der Waals surface area contributed by atoms with Crippen LogP contribution in [-0.4, -0.2) is 26.9 Å². The van der Waals surface area contributed by atoms with E-state index in [2.05, 4.69) is 0 Å². The SMILES string of the molecule is CC1(C)CS(=O)CCC1O. The van der Waals surface area contributed by atoms with Gasteiger partial charge in [0.05, 0.1) is 6.10 Å². The second-order valence-electron chi connectivity index (χ2n) is 3.58. The van der Waals surface area contributed by atoms with Crippen molar-refractivity contribution in [1.29, 1.82) is 0 Å². The van der Waals surface area contributed by atoms with Crippen molar-refractivity contribution in [1.82, 2.24) is 0 Å². The molecule has 2 nitrogen and oxygen atoms in total. The number of rotatable bonds is 0. The summed E-state index contributed by atoms with van der Waals surface area (Å²) in [4.78, 5) is 0. The lowest BCUT2D eigenvalue weighted by Gasteiger charge is -2.34. The highest BCUT2D eigenvalue weighted by atomic mass is 32.2. The molecule has 1 N–H and O–H groups in total. The van der Waals surface area contributed by atoms with E-state index < -0.39 is 10.8 Å². The zero-order valence-electron chi connectivity index (χ0n) is 6.46. The summed E-state index contributed by atoms with van der Waals surface area (Å²) in [6.45, 7) is 3.93. The summed E-state index contributed by atoms with van der Waals surface area (Å²) in [6.07, 6.45) is 0.435. The first-order valence-electron chi connectivity index (χ1n) is 3.55. The van der Waals surface area contributed by atoms with E-state index in [9.17, 15) is 9.32 Å². The van der Waals surface area contributed by atoms with E-state index in [0.717, 1.165) is 0 Å². The Labute approximate surface area is 64.1 Å². The minimum Gasteiger partial charge on any atom is -0.393 e. The van der Waals surface area contributed by atoms with Crippen molar-refractivity contribution in [2.24, 2.45) is 5.41 Å². The Morgan fingerprint density at radius 2 is 2.20 bits per heavy atom. The summed E-state index contributed by atoms with van der Waals surface area (Å²) in [6, 6.07) is 0. The van der Waals surface area contributed by atoms with Gasteiger partial charge in [0.25, 0.3) is 0 Å². The Kier molecular flexibility index (Phi) is 2.15. The van der Waals surface area contributed by atoms with Gasteiger partial charge in [-0.05, 0) is 6.42 Å². The molecular weight excluding hydrogens is 148 g/mol. The molecule has 0 aromatic heterocycles. The van der Waals surface area contributed by atoms with Crippen molar-refractivity contribution in [2.45, 2.75) is 26.4 Å². The standard InChI is InChI=1S/C7H14O2S/c1-7(2)5-10(9)4-3-6(7)8/h6,8H,3-5H2,1-2H3. The number of aliphatic hydroxyl groups is 1. The van der Waals surface area contributed by atoms with Gasteiger partial charge in [-0.1, -0.05) is 13.8 Å². The zero-order valence-corrected chi connectivity index (χ0v) is 7.28. The summed E-state index contributed by atoms with van der Waals surface area (Å²) in [5.74, 6) is 1.32. The van der Waals surface area contributed by atoms with E-state index in [1.165, 1.54) is 0 Å². The molecule has 0 saturated carbocycles. The molecule has 1 aliphatic heterocycles. The third-order valence-corrected chi connectivity index (χ3v) is 3.81. The van der Waals surface area contributed by atoms with Crippen molar-refractivity contribution in [3.63, 3.8) is 0 Å². The highest BCUT2D eigenvalue weighted by Gasteiger charge is 2.33. The molecule has 0 amide bonds. The van der Waals surface area contributed by atoms with Crippen LogP contribution in [-0.2, 0) is 10.8 Å². The molecular formula is C7H14O2S. The van der Waals surface area contributed by atoms with Gasteiger partial charge in [-0.3, -0.25) is 4.21 Å². The van der Waals surface area contributed by atoms with Gasteiger partial charge in [-0.15, -0.1) is 0 Å². The lowest BCUT2D eigenvalue weighted by molar-refractivity contribution is 0.0587. The molecule has 1 rings (SSSR count). The molecule has 2 unspecified atom stereocenters. The van der Waals surface area contributed by atoms with Crippen molar-refractivity contribution in [3.8, 4) is 0 Å². The first-order valence-corrected chi connectivity index (χ1v) is 5.04. The maximum absolute atomic E-state index is 11.0. The van der Waals surface area contributed by atoms with Crippen LogP contribution in [0, 0.1) is 5.41 Å². The van der Waals surface area contributed by atoms with Gasteiger partial charge in [0, 0.05) is 27.7 Å². The van der Waals surface area contributed by atoms with Gasteiger partial charge >= 0.3 is 0 Å². The number of hydrogen-bond donors (Lipinski definition) is 1. The van der Waals surface area contributed by atoms with Crippen LogP contribution >= 0.6 is 0 Å². The van der Waals surface area contributed by atoms with E-state index in [1.807, 2.05) is 13.8 Å². The van der Waals surface area contributed by atoms with Gasteiger partial charge < -0.3 is 5.11 Å². The van der Waals surface area contributed by atoms with E-state index in [0.29, 0.717) is 17.9 Å². The first-order chi connectivity index (χ1) is 4.52. The highest BCUT2D eigenvalue weighted by molar-refractivity contribution is 7.85. The van der Waals surface area contributed by atoms with Crippen molar-refractivity contribution in [2.75, 3.05) is 11.5 Å². The molecule has 3 heteroatoms. The molecule has 2 atom stereocenters. The van der Waals surface area contributed by atoms with Gasteiger partial charge in [-0.25, -0.2) is 0 Å². The average molecular weight is 162 g/mol. The Balaban J connectivity index is 2.63. The first kappa shape index (κ1) is 8.21. The molecule has 1 heterocycles. The predicted octanol–water partition coefficient (Wildman–Crippen LogP) is 0.526. The van der Waals surface area contributed by atoms with Crippen molar-refractivity contribution >= 4 is 10.8 Å². The topological polar surface area (TPSA) is 37.3 Å². The molecule has 1 saturated heterocycles. The van der Waals surface area contributed by atoms with Crippen LogP contribution in [0.5, 0.6) is 0 Å². The quantitative estimate of drug-likeness (QED) is 0.564. The highest BCUT2D eigenvalue weighted by Crippen LogP contribution is 2.28.